The molecule has 0 heterocycles. The number of ether oxygens (including phenoxy) is 2. The lowest BCUT2D eigenvalue weighted by Crippen LogP contribution is -2.55. The smallest absolute Gasteiger partial charge is 0.317 e. The fourth-order valence-corrected chi connectivity index (χ4v) is 3.69. The number of ketones is 1. The van der Waals surface area contributed by atoms with Crippen LogP contribution in [0.25, 0.3) is 0 Å². The largest absolute Gasteiger partial charge is 0.461 e. The standard InChI is InChI=1S/C21H23ClO6/c1-4-10-27-19(24)17-15(23)12-21(3,26)18(20(25)28-11-5-2)16(17)13-6-8-14(22)9-7-13/h4-9,16-18,26H,1-2,10-12H2,3H3/t16-,17+,18-,21-/m0/s1. The normalized spacial score (nSPS) is 27.0. The maximum atomic E-state index is 12.8. The molecule has 0 unspecified atom stereocenters. The van der Waals surface area contributed by atoms with Gasteiger partial charge in [-0.05, 0) is 24.6 Å². The quantitative estimate of drug-likeness (QED) is 0.425. The number of carbonyl (C=O) groups is 3. The van der Waals surface area contributed by atoms with Crippen molar-refractivity contribution in [1.29, 1.82) is 0 Å². The minimum atomic E-state index is -1.70. The molecule has 1 fully saturated rings. The molecule has 1 saturated carbocycles. The third-order valence-electron chi connectivity index (χ3n) is 4.72. The second-order valence-corrected chi connectivity index (χ2v) is 7.31. The van der Waals surface area contributed by atoms with Crippen LogP contribution in [0.3, 0.4) is 0 Å². The summed E-state index contributed by atoms with van der Waals surface area (Å²) in [5.74, 6) is -5.40. The molecule has 150 valence electrons. The number of carbonyl (C=O) groups excluding carboxylic acids is 3. The van der Waals surface area contributed by atoms with Crippen LogP contribution in [-0.2, 0) is 23.9 Å². The molecule has 6 nitrogen and oxygen atoms in total. The van der Waals surface area contributed by atoms with E-state index in [-0.39, 0.29) is 19.6 Å². The monoisotopic (exact) mass is 406 g/mol. The van der Waals surface area contributed by atoms with E-state index in [2.05, 4.69) is 13.2 Å². The summed E-state index contributed by atoms with van der Waals surface area (Å²) < 4.78 is 10.3. The van der Waals surface area contributed by atoms with Gasteiger partial charge in [-0.3, -0.25) is 14.4 Å². The summed E-state index contributed by atoms with van der Waals surface area (Å²) in [5.41, 5.74) is -1.20. The number of benzene rings is 1. The van der Waals surface area contributed by atoms with Gasteiger partial charge in [-0.2, -0.15) is 0 Å². The van der Waals surface area contributed by atoms with Gasteiger partial charge in [0, 0.05) is 17.4 Å². The van der Waals surface area contributed by atoms with E-state index in [9.17, 15) is 19.5 Å². The maximum Gasteiger partial charge on any atom is 0.317 e. The lowest BCUT2D eigenvalue weighted by atomic mass is 9.62. The summed E-state index contributed by atoms with van der Waals surface area (Å²) in [7, 11) is 0. The van der Waals surface area contributed by atoms with Crippen LogP contribution in [0.1, 0.15) is 24.8 Å². The highest BCUT2D eigenvalue weighted by Crippen LogP contribution is 2.46. The van der Waals surface area contributed by atoms with Crippen molar-refractivity contribution in [3.05, 3.63) is 60.2 Å². The van der Waals surface area contributed by atoms with Crippen molar-refractivity contribution in [1.82, 2.24) is 0 Å². The highest BCUT2D eigenvalue weighted by Gasteiger charge is 2.57. The molecule has 1 aromatic carbocycles. The van der Waals surface area contributed by atoms with Crippen LogP contribution < -0.4 is 0 Å². The highest BCUT2D eigenvalue weighted by atomic mass is 35.5. The molecule has 1 N–H and O–H groups in total. The van der Waals surface area contributed by atoms with Crippen LogP contribution in [0, 0.1) is 11.8 Å². The van der Waals surface area contributed by atoms with Crippen molar-refractivity contribution in [2.45, 2.75) is 24.9 Å². The molecule has 7 heteroatoms. The van der Waals surface area contributed by atoms with E-state index in [0.717, 1.165) is 0 Å². The van der Waals surface area contributed by atoms with Crippen LogP contribution in [0.4, 0.5) is 0 Å². The van der Waals surface area contributed by atoms with Gasteiger partial charge in [0.25, 0.3) is 0 Å². The van der Waals surface area contributed by atoms with Crippen molar-refractivity contribution in [2.75, 3.05) is 13.2 Å². The number of halogens is 1. The molecule has 0 aliphatic heterocycles. The number of esters is 2. The Bertz CT molecular complexity index is 768. The first kappa shape index (κ1) is 21.9. The Kier molecular flexibility index (Phi) is 7.16. The molecule has 0 saturated heterocycles. The van der Waals surface area contributed by atoms with E-state index < -0.39 is 41.1 Å². The summed E-state index contributed by atoms with van der Waals surface area (Å²) in [6, 6.07) is 6.40. The van der Waals surface area contributed by atoms with Crippen LogP contribution in [0.5, 0.6) is 0 Å². The van der Waals surface area contributed by atoms with Crippen LogP contribution >= 0.6 is 11.6 Å². The topological polar surface area (TPSA) is 89.9 Å². The molecule has 0 amide bonds. The van der Waals surface area contributed by atoms with Crippen molar-refractivity contribution in [3.63, 3.8) is 0 Å². The average molecular weight is 407 g/mol. The van der Waals surface area contributed by atoms with Crippen LogP contribution in [0.2, 0.25) is 5.02 Å². The molecule has 2 rings (SSSR count). The Morgan fingerprint density at radius 3 is 2.25 bits per heavy atom. The van der Waals surface area contributed by atoms with Gasteiger partial charge in [0.15, 0.2) is 5.78 Å². The van der Waals surface area contributed by atoms with E-state index in [1.54, 1.807) is 24.3 Å². The van der Waals surface area contributed by atoms with Crippen molar-refractivity contribution >= 4 is 29.3 Å². The maximum absolute atomic E-state index is 12.8. The fraction of sp³-hybridized carbons (Fsp3) is 0.381. The van der Waals surface area contributed by atoms with Crippen molar-refractivity contribution in [3.8, 4) is 0 Å². The van der Waals surface area contributed by atoms with Crippen molar-refractivity contribution < 1.29 is 29.0 Å². The summed E-state index contributed by atoms with van der Waals surface area (Å²) >= 11 is 5.95. The summed E-state index contributed by atoms with van der Waals surface area (Å²) in [4.78, 5) is 38.2. The Balaban J connectivity index is 2.56. The first-order valence-electron chi connectivity index (χ1n) is 8.78. The second kappa shape index (κ2) is 9.17. The molecule has 1 aromatic rings. The molecular weight excluding hydrogens is 384 g/mol. The number of hydrogen-bond donors (Lipinski definition) is 1. The lowest BCUT2D eigenvalue weighted by molar-refractivity contribution is -0.171. The Hall–Kier alpha value is -2.44. The Morgan fingerprint density at radius 2 is 1.71 bits per heavy atom. The first-order chi connectivity index (χ1) is 13.2. The van der Waals surface area contributed by atoms with E-state index >= 15 is 0 Å². The zero-order valence-corrected chi connectivity index (χ0v) is 16.4. The minimum absolute atomic E-state index is 0.0573. The Morgan fingerprint density at radius 1 is 1.18 bits per heavy atom. The van der Waals surface area contributed by atoms with Crippen LogP contribution in [0.15, 0.2) is 49.6 Å². The SMILES string of the molecule is C=CCOC(=O)[C@@H]1C(=O)C[C@](C)(O)[C@H](C(=O)OCC=C)[C@H]1c1ccc(Cl)cc1. The molecule has 1 aliphatic rings. The number of hydrogen-bond acceptors (Lipinski definition) is 6. The van der Waals surface area contributed by atoms with E-state index in [0.29, 0.717) is 10.6 Å². The van der Waals surface area contributed by atoms with Gasteiger partial charge in [-0.15, -0.1) is 0 Å². The Labute approximate surface area is 168 Å². The van der Waals surface area contributed by atoms with Crippen LogP contribution in [-0.4, -0.2) is 41.6 Å². The molecular formula is C21H23ClO6. The molecule has 0 aromatic heterocycles. The summed E-state index contributed by atoms with van der Waals surface area (Å²) in [6.45, 7) is 8.24. The number of aliphatic hydroxyl groups is 1. The molecule has 1 aliphatic carbocycles. The zero-order chi connectivity index (χ0) is 20.9. The van der Waals surface area contributed by atoms with Gasteiger partial charge < -0.3 is 14.6 Å². The highest BCUT2D eigenvalue weighted by molar-refractivity contribution is 6.30. The van der Waals surface area contributed by atoms with Gasteiger partial charge >= 0.3 is 11.9 Å². The third-order valence-corrected chi connectivity index (χ3v) is 4.97. The van der Waals surface area contributed by atoms with E-state index in [4.69, 9.17) is 21.1 Å². The van der Waals surface area contributed by atoms with E-state index in [1.807, 2.05) is 0 Å². The molecule has 4 atom stereocenters. The van der Waals surface area contributed by atoms with Gasteiger partial charge in [-0.1, -0.05) is 49.0 Å². The average Bonchev–Trinajstić information content (AvgIpc) is 2.63. The first-order valence-corrected chi connectivity index (χ1v) is 9.16. The molecule has 0 bridgehead atoms. The zero-order valence-electron chi connectivity index (χ0n) is 15.6. The third kappa shape index (κ3) is 4.69. The van der Waals surface area contributed by atoms with Gasteiger partial charge in [0.1, 0.15) is 19.1 Å². The lowest BCUT2D eigenvalue weighted by Gasteiger charge is -2.43. The fourth-order valence-electron chi connectivity index (χ4n) is 3.56. The molecule has 0 radical (unpaired) electrons. The van der Waals surface area contributed by atoms with Crippen molar-refractivity contribution in [2.24, 2.45) is 11.8 Å². The minimum Gasteiger partial charge on any atom is -0.461 e. The second-order valence-electron chi connectivity index (χ2n) is 6.87. The summed E-state index contributed by atoms with van der Waals surface area (Å²) in [5, 5.41) is 11.3. The predicted molar refractivity (Wildman–Crippen MR) is 104 cm³/mol. The van der Waals surface area contributed by atoms with Gasteiger partial charge in [0.05, 0.1) is 11.5 Å². The molecule has 0 spiro atoms. The van der Waals surface area contributed by atoms with Gasteiger partial charge in [0.2, 0.25) is 0 Å². The number of Topliss-reactive ketones (excluding diaryl/α,β-unsaturated/α-hetero) is 1. The summed E-state index contributed by atoms with van der Waals surface area (Å²) in [6.07, 6.45) is 2.40. The molecule has 28 heavy (non-hydrogen) atoms. The predicted octanol–water partition coefficient (Wildman–Crippen LogP) is 2.84. The van der Waals surface area contributed by atoms with E-state index in [1.165, 1.54) is 19.1 Å². The van der Waals surface area contributed by atoms with Gasteiger partial charge in [-0.25, -0.2) is 0 Å². The number of rotatable bonds is 7.